The van der Waals surface area contributed by atoms with Crippen LogP contribution in [0.2, 0.25) is 0 Å². The number of aromatic nitrogens is 7. The van der Waals surface area contributed by atoms with Gasteiger partial charge in [-0.2, -0.15) is 14.3 Å². The van der Waals surface area contributed by atoms with Crippen molar-refractivity contribution in [2.24, 2.45) is 0 Å². The Morgan fingerprint density at radius 3 is 2.63 bits per heavy atom. The molecule has 2 saturated heterocycles. The number of benzene rings is 1. The first-order valence-corrected chi connectivity index (χ1v) is 20.2. The van der Waals surface area contributed by atoms with E-state index in [0.717, 1.165) is 72.9 Å². The minimum absolute atomic E-state index is 0.0596. The molecule has 54 heavy (non-hydrogen) atoms. The van der Waals surface area contributed by atoms with Gasteiger partial charge >= 0.3 is 0 Å². The molecule has 0 radical (unpaired) electrons. The molecule has 15 nitrogen and oxygen atoms in total. The predicted octanol–water partition coefficient (Wildman–Crippen LogP) is 3.92. The predicted molar refractivity (Wildman–Crippen MR) is 201 cm³/mol. The number of nitrogens with zero attached hydrogens (tertiary/aromatic N) is 10. The van der Waals surface area contributed by atoms with Crippen molar-refractivity contribution in [2.75, 3.05) is 49.5 Å². The van der Waals surface area contributed by atoms with Gasteiger partial charge < -0.3 is 20.4 Å². The second kappa shape index (κ2) is 13.7. The molecule has 3 fully saturated rings. The number of pyridine rings is 1. The quantitative estimate of drug-likeness (QED) is 0.212. The fraction of sp³-hybridized carbons (Fsp3) is 0.459. The number of piperidine rings is 1. The van der Waals surface area contributed by atoms with Crippen LogP contribution < -0.4 is 15.5 Å². The molecule has 1 atom stereocenters. The maximum absolute atomic E-state index is 15.9. The highest BCUT2D eigenvalue weighted by Crippen LogP contribution is 2.34. The third-order valence-electron chi connectivity index (χ3n) is 10.9. The van der Waals surface area contributed by atoms with E-state index < -0.39 is 10.0 Å². The number of nitrogens with one attached hydrogen (secondary N) is 2. The van der Waals surface area contributed by atoms with Gasteiger partial charge in [0.1, 0.15) is 17.5 Å². The molecular formula is C37H43FN12O3S. The van der Waals surface area contributed by atoms with Crippen LogP contribution >= 0.6 is 0 Å². The third-order valence-corrected chi connectivity index (χ3v) is 13.0. The second-order valence-corrected chi connectivity index (χ2v) is 17.0. The van der Waals surface area contributed by atoms with Gasteiger partial charge in [-0.25, -0.2) is 27.8 Å². The normalized spacial score (nSPS) is 19.6. The Morgan fingerprint density at radius 1 is 1.04 bits per heavy atom. The van der Waals surface area contributed by atoms with Gasteiger partial charge in [0, 0.05) is 86.5 Å². The van der Waals surface area contributed by atoms with E-state index >= 15 is 4.39 Å². The summed E-state index contributed by atoms with van der Waals surface area (Å²) >= 11 is 0. The lowest BCUT2D eigenvalue weighted by atomic mass is 10.0. The number of halogens is 1. The first kappa shape index (κ1) is 34.7. The number of carbonyl (C=O) groups excluding carboxylic acids is 1. The largest absolute Gasteiger partial charge is 0.352 e. The topological polar surface area (TPSA) is 159 Å². The van der Waals surface area contributed by atoms with E-state index in [1.807, 2.05) is 27.9 Å². The Labute approximate surface area is 312 Å². The van der Waals surface area contributed by atoms with Crippen LogP contribution in [0.25, 0.3) is 22.3 Å². The number of piperazine rings is 1. The summed E-state index contributed by atoms with van der Waals surface area (Å²) in [4.78, 5) is 33.2. The summed E-state index contributed by atoms with van der Waals surface area (Å²) in [6, 6.07) is 7.48. The molecule has 4 aromatic heterocycles. The van der Waals surface area contributed by atoms with Crippen LogP contribution in [0, 0.1) is 5.82 Å². The summed E-state index contributed by atoms with van der Waals surface area (Å²) in [5.74, 6) is 1.98. The van der Waals surface area contributed by atoms with E-state index in [-0.39, 0.29) is 29.1 Å². The molecule has 1 aromatic carbocycles. The van der Waals surface area contributed by atoms with Gasteiger partial charge in [0.15, 0.2) is 11.6 Å². The average molecular weight is 755 g/mol. The van der Waals surface area contributed by atoms with Gasteiger partial charge in [-0.05, 0) is 58.2 Å². The number of hydrogen-bond donors (Lipinski definition) is 2. The molecule has 17 heteroatoms. The monoisotopic (exact) mass is 754 g/mol. The van der Waals surface area contributed by atoms with Gasteiger partial charge in [0.2, 0.25) is 0 Å². The fourth-order valence-electron chi connectivity index (χ4n) is 7.79. The van der Waals surface area contributed by atoms with Crippen LogP contribution in [0.5, 0.6) is 0 Å². The second-order valence-electron chi connectivity index (χ2n) is 14.9. The Kier molecular flexibility index (Phi) is 8.81. The Balaban J connectivity index is 0.878. The van der Waals surface area contributed by atoms with E-state index in [0.29, 0.717) is 65.6 Å². The number of fused-ring (bicyclic) bond motifs is 2. The van der Waals surface area contributed by atoms with E-state index in [4.69, 9.17) is 10.1 Å². The molecule has 4 aliphatic rings. The zero-order valence-electron chi connectivity index (χ0n) is 30.3. The van der Waals surface area contributed by atoms with Crippen molar-refractivity contribution in [2.45, 2.75) is 70.0 Å². The van der Waals surface area contributed by atoms with Gasteiger partial charge in [0.25, 0.3) is 15.9 Å². The zero-order chi connectivity index (χ0) is 37.1. The molecule has 5 aromatic rings. The highest BCUT2D eigenvalue weighted by molar-refractivity contribution is 7.90. The Hall–Kier alpha value is -5.00. The summed E-state index contributed by atoms with van der Waals surface area (Å²) in [5.41, 5.74) is 3.09. The maximum atomic E-state index is 15.9. The summed E-state index contributed by atoms with van der Waals surface area (Å²) in [6.07, 6.45) is 9.62. The molecule has 1 saturated carbocycles. The first-order valence-electron chi connectivity index (χ1n) is 18.7. The van der Waals surface area contributed by atoms with Crippen LogP contribution in [0.3, 0.4) is 0 Å². The molecule has 0 spiro atoms. The molecule has 282 valence electrons. The Morgan fingerprint density at radius 2 is 1.87 bits per heavy atom. The number of rotatable bonds is 10. The van der Waals surface area contributed by atoms with Crippen LogP contribution in [0.15, 0.2) is 49.1 Å². The van der Waals surface area contributed by atoms with Crippen molar-refractivity contribution in [3.05, 3.63) is 71.6 Å². The maximum Gasteiger partial charge on any atom is 0.256 e. The summed E-state index contributed by atoms with van der Waals surface area (Å²) < 4.78 is 44.1. The highest BCUT2D eigenvalue weighted by atomic mass is 32.2. The van der Waals surface area contributed by atoms with Gasteiger partial charge in [-0.1, -0.05) is 6.07 Å². The minimum Gasteiger partial charge on any atom is -0.352 e. The SMILES string of the molecule is CC(C)n1nc(N2CCN(Cc3ccc4c(c3F)CN(C3CCCNC3)C4=O)CC2)c2cnc(Nc3ccnc(-c4cnn(S(=O)(=O)C5CC5)c4)n3)cc21. The molecule has 1 amide bonds. The smallest absolute Gasteiger partial charge is 0.256 e. The molecule has 1 aliphatic carbocycles. The molecule has 3 aliphatic heterocycles. The molecule has 7 heterocycles. The first-order chi connectivity index (χ1) is 26.1. The lowest BCUT2D eigenvalue weighted by Gasteiger charge is -2.35. The average Bonchev–Trinajstić information content (AvgIpc) is 3.66. The summed E-state index contributed by atoms with van der Waals surface area (Å²) in [7, 11) is -3.49. The van der Waals surface area contributed by atoms with Crippen molar-refractivity contribution in [1.82, 2.24) is 49.0 Å². The fourth-order valence-corrected chi connectivity index (χ4v) is 9.26. The van der Waals surface area contributed by atoms with Crippen LogP contribution in [0.1, 0.15) is 67.1 Å². The lowest BCUT2D eigenvalue weighted by molar-refractivity contribution is 0.0674. The third kappa shape index (κ3) is 6.36. The minimum atomic E-state index is -3.49. The summed E-state index contributed by atoms with van der Waals surface area (Å²) in [6.45, 7) is 9.64. The molecule has 1 unspecified atom stereocenters. The van der Waals surface area contributed by atoms with Gasteiger partial charge in [0.05, 0.1) is 40.7 Å². The molecular weight excluding hydrogens is 712 g/mol. The van der Waals surface area contributed by atoms with E-state index in [9.17, 15) is 13.2 Å². The van der Waals surface area contributed by atoms with Crippen LogP contribution in [-0.4, -0.2) is 109 Å². The zero-order valence-corrected chi connectivity index (χ0v) is 31.1. The number of carbonyl (C=O) groups is 1. The standard InChI is InChI=1S/C37H43FN12O3S/c1-23(2)50-31-16-33(43-32-9-11-40-35(44-32)25-17-42-49(21-25)54(52,53)27-6-7-27)41-19-29(31)36(45-50)47-14-12-46(13-15-47)20-24-5-8-28-30(34(24)38)22-48(37(28)51)26-4-3-10-39-18-26/h5,8-9,11,16-17,19,21,23,26-27,39H,3-4,6-7,10,12-15,18,20,22H2,1-2H3,(H,40,41,43,44). The number of amides is 1. The Bertz CT molecular complexity index is 2340. The molecule has 9 rings (SSSR count). The van der Waals surface area contributed by atoms with Crippen LogP contribution in [-0.2, 0) is 23.1 Å². The van der Waals surface area contributed by atoms with Crippen molar-refractivity contribution in [1.29, 1.82) is 0 Å². The highest BCUT2D eigenvalue weighted by Gasteiger charge is 2.38. The van der Waals surface area contributed by atoms with E-state index in [2.05, 4.69) is 49.3 Å². The van der Waals surface area contributed by atoms with Crippen LogP contribution in [0.4, 0.5) is 21.8 Å². The van der Waals surface area contributed by atoms with Crippen molar-refractivity contribution < 1.29 is 17.6 Å². The lowest BCUT2D eigenvalue weighted by Crippen LogP contribution is -2.46. The van der Waals surface area contributed by atoms with Gasteiger partial charge in [-0.15, -0.1) is 0 Å². The van der Waals surface area contributed by atoms with Crippen molar-refractivity contribution in [3.8, 4) is 11.4 Å². The summed E-state index contributed by atoms with van der Waals surface area (Å²) in [5, 5.41) is 16.3. The van der Waals surface area contributed by atoms with Crippen molar-refractivity contribution >= 4 is 44.3 Å². The van der Waals surface area contributed by atoms with E-state index in [1.165, 1.54) is 12.4 Å². The number of hydrogen-bond acceptors (Lipinski definition) is 12. The van der Waals surface area contributed by atoms with Crippen molar-refractivity contribution in [3.63, 3.8) is 0 Å². The van der Waals surface area contributed by atoms with Gasteiger partial charge in [-0.3, -0.25) is 14.4 Å². The molecule has 2 N–H and O–H groups in total. The number of anilines is 3. The molecule has 0 bridgehead atoms. The van der Waals surface area contributed by atoms with E-state index in [1.54, 1.807) is 18.3 Å².